The van der Waals surface area contributed by atoms with E-state index in [1.54, 1.807) is 18.4 Å². The number of carbonyl (C=O) groups excluding carboxylic acids is 1. The Hall–Kier alpha value is -2.38. The third kappa shape index (κ3) is 5.36. The van der Waals surface area contributed by atoms with Gasteiger partial charge in [-0.15, -0.1) is 0 Å². The molecule has 0 saturated carbocycles. The van der Waals surface area contributed by atoms with Crippen molar-refractivity contribution in [3.05, 3.63) is 16.7 Å². The Kier molecular flexibility index (Phi) is 7.28. The molecular weight excluding hydrogens is 399 g/mol. The van der Waals surface area contributed by atoms with Gasteiger partial charge in [-0.2, -0.15) is 10.2 Å². The zero-order chi connectivity index (χ0) is 20.8. The number of rotatable bonds is 9. The third-order valence-electron chi connectivity index (χ3n) is 4.30. The van der Waals surface area contributed by atoms with Crippen LogP contribution in [0.4, 0.5) is 5.95 Å². The molecule has 3 unspecified atom stereocenters. The van der Waals surface area contributed by atoms with Gasteiger partial charge in [-0.1, -0.05) is 13.8 Å². The molecule has 3 atom stereocenters. The van der Waals surface area contributed by atoms with Gasteiger partial charge in [0, 0.05) is 5.92 Å². The minimum atomic E-state index is -0.429. The van der Waals surface area contributed by atoms with Crippen LogP contribution in [-0.4, -0.2) is 44.7 Å². The average molecular weight is 422 g/mol. The molecule has 2 aromatic heterocycles. The van der Waals surface area contributed by atoms with Crippen molar-refractivity contribution >= 4 is 32.1 Å². The van der Waals surface area contributed by atoms with E-state index in [-0.39, 0.29) is 44.7 Å². The normalized spacial score (nSPS) is 19.4. The summed E-state index contributed by atoms with van der Waals surface area (Å²) in [6.45, 7) is 4.22. The van der Waals surface area contributed by atoms with E-state index >= 15 is 0 Å². The number of imidazole rings is 1. The maximum Gasteiger partial charge on any atom is 0.280 e. The van der Waals surface area contributed by atoms with Crippen molar-refractivity contribution in [1.82, 2.24) is 19.5 Å². The lowest BCUT2D eigenvalue weighted by Crippen LogP contribution is -2.22. The van der Waals surface area contributed by atoms with Crippen LogP contribution < -0.4 is 10.9 Å². The van der Waals surface area contributed by atoms with E-state index in [0.29, 0.717) is 31.7 Å². The average Bonchev–Trinajstić information content (AvgIpc) is 3.31. The fourth-order valence-corrected chi connectivity index (χ4v) is 3.30. The minimum absolute atomic E-state index is 0.0801. The van der Waals surface area contributed by atoms with Gasteiger partial charge in [0.1, 0.15) is 6.23 Å². The molecule has 2 aromatic rings. The van der Waals surface area contributed by atoms with E-state index in [0.717, 1.165) is 6.42 Å². The lowest BCUT2D eigenvalue weighted by molar-refractivity contribution is -0.118. The van der Waals surface area contributed by atoms with Gasteiger partial charge in [-0.25, -0.2) is 4.98 Å². The molecule has 1 amide bonds. The van der Waals surface area contributed by atoms with Crippen LogP contribution in [0.2, 0.25) is 0 Å². The van der Waals surface area contributed by atoms with Crippen LogP contribution in [0.5, 0.6) is 0 Å². The molecule has 2 N–H and O–H groups in total. The molecule has 1 saturated heterocycles. The lowest BCUT2D eigenvalue weighted by Gasteiger charge is -2.15. The van der Waals surface area contributed by atoms with Crippen LogP contribution >= 0.6 is 9.03 Å². The summed E-state index contributed by atoms with van der Waals surface area (Å²) in [4.78, 5) is 35.2. The molecule has 1 aliphatic rings. The molecule has 0 aliphatic carbocycles. The number of hydrogen-bond acceptors (Lipinski definition) is 8. The van der Waals surface area contributed by atoms with Crippen molar-refractivity contribution < 1.29 is 18.6 Å². The molecular formula is C17H23N6O5P. The number of ether oxygens (including phenoxy) is 1. The Balaban J connectivity index is 1.64. The lowest BCUT2D eigenvalue weighted by atomic mass is 10.2. The molecule has 1 aliphatic heterocycles. The van der Waals surface area contributed by atoms with Crippen molar-refractivity contribution in [1.29, 1.82) is 5.26 Å². The van der Waals surface area contributed by atoms with E-state index in [2.05, 4.69) is 20.3 Å². The summed E-state index contributed by atoms with van der Waals surface area (Å²) in [6.07, 6.45) is 2.87. The van der Waals surface area contributed by atoms with Gasteiger partial charge in [0.25, 0.3) is 5.56 Å². The summed E-state index contributed by atoms with van der Waals surface area (Å²) in [5.41, 5.74) is 0.103. The SMILES string of the molecule is CC(C)C(=O)Nc1nc2c(ncn2C2CCC(COPOCCC#N)O2)c(=O)[nH]1. The first kappa shape index (κ1) is 21.3. The zero-order valence-electron chi connectivity index (χ0n) is 16.2. The maximum atomic E-state index is 12.3. The Morgan fingerprint density at radius 1 is 1.52 bits per heavy atom. The number of nitrogens with zero attached hydrogens (tertiary/aromatic N) is 4. The molecule has 12 heteroatoms. The largest absolute Gasteiger partial charge is 0.352 e. The summed E-state index contributed by atoms with van der Waals surface area (Å²) < 4.78 is 18.3. The number of carbonyl (C=O) groups is 1. The van der Waals surface area contributed by atoms with E-state index in [1.807, 2.05) is 6.07 Å². The van der Waals surface area contributed by atoms with Crippen LogP contribution in [0.15, 0.2) is 11.1 Å². The van der Waals surface area contributed by atoms with Crippen LogP contribution in [0.1, 0.15) is 39.3 Å². The fraction of sp³-hybridized carbons (Fsp3) is 0.588. The number of aromatic amines is 1. The topological polar surface area (TPSA) is 144 Å². The second-order valence-corrected chi connectivity index (χ2v) is 7.57. The summed E-state index contributed by atoms with van der Waals surface area (Å²) in [6, 6.07) is 2.00. The number of H-pyrrole nitrogens is 1. The summed E-state index contributed by atoms with van der Waals surface area (Å²) in [7, 11) is -0.139. The Labute approximate surface area is 168 Å². The Morgan fingerprint density at radius 2 is 2.34 bits per heavy atom. The number of nitriles is 1. The second-order valence-electron chi connectivity index (χ2n) is 6.82. The fourth-order valence-electron chi connectivity index (χ4n) is 2.78. The predicted octanol–water partition coefficient (Wildman–Crippen LogP) is 1.85. The van der Waals surface area contributed by atoms with Crippen LogP contribution in [0.3, 0.4) is 0 Å². The molecule has 0 aromatic carbocycles. The van der Waals surface area contributed by atoms with Crippen LogP contribution in [0, 0.1) is 17.2 Å². The van der Waals surface area contributed by atoms with E-state index in [4.69, 9.17) is 19.0 Å². The van der Waals surface area contributed by atoms with Crippen molar-refractivity contribution in [2.75, 3.05) is 18.5 Å². The summed E-state index contributed by atoms with van der Waals surface area (Å²) >= 11 is 0. The highest BCUT2D eigenvalue weighted by molar-refractivity contribution is 7.26. The maximum absolute atomic E-state index is 12.3. The third-order valence-corrected chi connectivity index (χ3v) is 4.90. The zero-order valence-corrected chi connectivity index (χ0v) is 17.2. The number of anilines is 1. The molecule has 156 valence electrons. The van der Waals surface area contributed by atoms with Gasteiger partial charge >= 0.3 is 0 Å². The first-order chi connectivity index (χ1) is 14.0. The standard InChI is InChI=1S/C17H23N6O5P/c1-10(2)15(24)21-17-20-14-13(16(25)22-17)19-9-23(14)12-5-4-11(28-12)8-27-29-26-7-3-6-18/h9-12,29H,3-5,7-8H2,1-2H3,(H2,20,21,22,24,25). The minimum Gasteiger partial charge on any atom is -0.352 e. The second kappa shape index (κ2) is 9.89. The number of aromatic nitrogens is 4. The number of amides is 1. The van der Waals surface area contributed by atoms with Crippen molar-refractivity contribution in [2.24, 2.45) is 5.92 Å². The van der Waals surface area contributed by atoms with Gasteiger partial charge in [0.2, 0.25) is 11.9 Å². The number of fused-ring (bicyclic) bond motifs is 1. The Bertz CT molecular complexity index is 952. The highest BCUT2D eigenvalue weighted by atomic mass is 31.1. The van der Waals surface area contributed by atoms with Gasteiger partial charge in [0.15, 0.2) is 20.2 Å². The number of hydrogen-bond donors (Lipinski definition) is 2. The molecule has 11 nitrogen and oxygen atoms in total. The number of nitrogens with one attached hydrogen (secondary N) is 2. The first-order valence-electron chi connectivity index (χ1n) is 9.28. The predicted molar refractivity (Wildman–Crippen MR) is 105 cm³/mol. The molecule has 0 spiro atoms. The molecule has 0 radical (unpaired) electrons. The van der Waals surface area contributed by atoms with E-state index in [1.165, 1.54) is 6.33 Å². The Morgan fingerprint density at radius 3 is 3.10 bits per heavy atom. The molecule has 3 heterocycles. The first-order valence-corrected chi connectivity index (χ1v) is 10.1. The monoisotopic (exact) mass is 422 g/mol. The summed E-state index contributed by atoms with van der Waals surface area (Å²) in [5, 5.41) is 11.0. The molecule has 0 bridgehead atoms. The highest BCUT2D eigenvalue weighted by Gasteiger charge is 2.28. The van der Waals surface area contributed by atoms with Gasteiger partial charge in [-0.05, 0) is 12.8 Å². The van der Waals surface area contributed by atoms with E-state index in [9.17, 15) is 9.59 Å². The highest BCUT2D eigenvalue weighted by Crippen LogP contribution is 2.31. The summed E-state index contributed by atoms with van der Waals surface area (Å²) in [5.74, 6) is -0.410. The van der Waals surface area contributed by atoms with Crippen LogP contribution in [0.25, 0.3) is 11.2 Å². The van der Waals surface area contributed by atoms with Gasteiger partial charge < -0.3 is 13.8 Å². The quantitative estimate of drug-likeness (QED) is 0.460. The van der Waals surface area contributed by atoms with Crippen molar-refractivity contribution in [3.63, 3.8) is 0 Å². The van der Waals surface area contributed by atoms with Crippen molar-refractivity contribution in [2.45, 2.75) is 45.4 Å². The van der Waals surface area contributed by atoms with Gasteiger partial charge in [0.05, 0.1) is 38.1 Å². The van der Waals surface area contributed by atoms with Crippen molar-refractivity contribution in [3.8, 4) is 6.07 Å². The molecule has 29 heavy (non-hydrogen) atoms. The van der Waals surface area contributed by atoms with Crippen LogP contribution in [-0.2, 0) is 18.6 Å². The smallest absolute Gasteiger partial charge is 0.280 e. The molecule has 1 fully saturated rings. The van der Waals surface area contributed by atoms with Gasteiger partial charge in [-0.3, -0.25) is 24.5 Å². The molecule has 3 rings (SSSR count). The van der Waals surface area contributed by atoms with E-state index < -0.39 is 5.56 Å².